The maximum Gasteiger partial charge on any atom is 0.416 e. The number of fused-ring (bicyclic) bond motifs is 1. The van der Waals surface area contributed by atoms with Gasteiger partial charge in [-0.25, -0.2) is 0 Å². The molecule has 1 aliphatic heterocycles. The van der Waals surface area contributed by atoms with Crippen molar-refractivity contribution in [3.05, 3.63) is 56.8 Å². The molecular formula is C15H13F3OS2. The van der Waals surface area contributed by atoms with E-state index in [4.69, 9.17) is 0 Å². The number of rotatable bonds is 2. The molecule has 1 aromatic carbocycles. The van der Waals surface area contributed by atoms with Crippen LogP contribution in [-0.4, -0.2) is 10.9 Å². The van der Waals surface area contributed by atoms with Crippen molar-refractivity contribution < 1.29 is 18.3 Å². The molecule has 1 atom stereocenters. The van der Waals surface area contributed by atoms with Crippen molar-refractivity contribution >= 4 is 23.1 Å². The van der Waals surface area contributed by atoms with E-state index >= 15 is 0 Å². The van der Waals surface area contributed by atoms with E-state index in [1.165, 1.54) is 34.4 Å². The first kappa shape index (κ1) is 14.9. The second-order valence-electron chi connectivity index (χ2n) is 4.89. The predicted molar refractivity (Wildman–Crippen MR) is 79.7 cm³/mol. The summed E-state index contributed by atoms with van der Waals surface area (Å²) in [5, 5.41) is 10.4. The van der Waals surface area contributed by atoms with Crippen LogP contribution in [0.3, 0.4) is 0 Å². The lowest BCUT2D eigenvalue weighted by Gasteiger charge is -2.16. The van der Waals surface area contributed by atoms with Gasteiger partial charge in [0.15, 0.2) is 0 Å². The minimum absolute atomic E-state index is 0.0729. The largest absolute Gasteiger partial charge is 0.416 e. The molecule has 1 N–H and O–H groups in total. The van der Waals surface area contributed by atoms with E-state index in [0.29, 0.717) is 4.88 Å². The molecular weight excluding hydrogens is 317 g/mol. The molecule has 0 saturated heterocycles. The third-order valence-corrected chi connectivity index (χ3v) is 5.77. The van der Waals surface area contributed by atoms with E-state index in [0.717, 1.165) is 29.6 Å². The molecule has 0 amide bonds. The Labute approximate surface area is 128 Å². The summed E-state index contributed by atoms with van der Waals surface area (Å²) in [5.74, 6) is 1.90. The van der Waals surface area contributed by atoms with Crippen LogP contribution in [-0.2, 0) is 18.3 Å². The Balaban J connectivity index is 1.99. The zero-order chi connectivity index (χ0) is 15.0. The van der Waals surface area contributed by atoms with Crippen LogP contribution in [0, 0.1) is 0 Å². The summed E-state index contributed by atoms with van der Waals surface area (Å²) in [6, 6.07) is 7.08. The van der Waals surface area contributed by atoms with E-state index in [9.17, 15) is 18.3 Å². The first-order valence-corrected chi connectivity index (χ1v) is 8.47. The van der Waals surface area contributed by atoms with Gasteiger partial charge in [0.1, 0.15) is 6.10 Å². The molecule has 0 bridgehead atoms. The fourth-order valence-electron chi connectivity index (χ4n) is 2.45. The first-order valence-electron chi connectivity index (χ1n) is 6.50. The van der Waals surface area contributed by atoms with Crippen LogP contribution < -0.4 is 0 Å². The van der Waals surface area contributed by atoms with Crippen molar-refractivity contribution in [2.24, 2.45) is 0 Å². The Kier molecular flexibility index (Phi) is 4.03. The minimum atomic E-state index is -4.45. The fourth-order valence-corrected chi connectivity index (χ4v) is 4.83. The van der Waals surface area contributed by atoms with Gasteiger partial charge < -0.3 is 5.11 Å². The molecule has 1 unspecified atom stereocenters. The van der Waals surface area contributed by atoms with E-state index < -0.39 is 17.8 Å². The van der Waals surface area contributed by atoms with Crippen LogP contribution in [0.15, 0.2) is 30.3 Å². The lowest BCUT2D eigenvalue weighted by Crippen LogP contribution is -2.12. The minimum Gasteiger partial charge on any atom is -0.383 e. The molecule has 2 aromatic rings. The number of thioether (sulfide) groups is 1. The van der Waals surface area contributed by atoms with Gasteiger partial charge in [-0.1, -0.05) is 18.2 Å². The van der Waals surface area contributed by atoms with Gasteiger partial charge in [-0.15, -0.1) is 11.3 Å². The summed E-state index contributed by atoms with van der Waals surface area (Å²) in [6.07, 6.45) is -4.74. The Morgan fingerprint density at radius 2 is 1.95 bits per heavy atom. The molecule has 0 aliphatic carbocycles. The van der Waals surface area contributed by atoms with Crippen molar-refractivity contribution in [3.8, 4) is 0 Å². The molecule has 3 rings (SSSR count). The number of thiophene rings is 1. The van der Waals surface area contributed by atoms with Crippen molar-refractivity contribution in [3.63, 3.8) is 0 Å². The van der Waals surface area contributed by atoms with Crippen molar-refractivity contribution in [1.29, 1.82) is 0 Å². The van der Waals surface area contributed by atoms with Gasteiger partial charge in [0.05, 0.1) is 5.56 Å². The van der Waals surface area contributed by atoms with Crippen LogP contribution in [0.4, 0.5) is 13.2 Å². The zero-order valence-electron chi connectivity index (χ0n) is 11.0. The summed E-state index contributed by atoms with van der Waals surface area (Å²) in [4.78, 5) is 1.78. The number of hydrogen-bond acceptors (Lipinski definition) is 3. The lowest BCUT2D eigenvalue weighted by atomic mass is 10.0. The molecule has 0 fully saturated rings. The van der Waals surface area contributed by atoms with Crippen molar-refractivity contribution in [2.45, 2.75) is 24.5 Å². The molecule has 2 heterocycles. The lowest BCUT2D eigenvalue weighted by molar-refractivity contribution is -0.138. The van der Waals surface area contributed by atoms with Crippen molar-refractivity contribution in [1.82, 2.24) is 0 Å². The number of alkyl halides is 3. The van der Waals surface area contributed by atoms with Gasteiger partial charge >= 0.3 is 6.18 Å². The highest BCUT2D eigenvalue weighted by Crippen LogP contribution is 2.40. The van der Waals surface area contributed by atoms with Crippen molar-refractivity contribution in [2.75, 3.05) is 5.75 Å². The Morgan fingerprint density at radius 1 is 1.19 bits per heavy atom. The van der Waals surface area contributed by atoms with Crippen LogP contribution in [0.2, 0.25) is 0 Å². The average molecular weight is 330 g/mol. The van der Waals surface area contributed by atoms with Crippen LogP contribution in [0.25, 0.3) is 0 Å². The molecule has 0 saturated carbocycles. The van der Waals surface area contributed by atoms with Gasteiger partial charge in [0, 0.05) is 15.5 Å². The standard InChI is InChI=1S/C15H13F3OS2/c16-15(17,18)11-4-2-1-3-10(11)14(19)13-7-9-8-20-6-5-12(9)21-13/h1-4,7,14,19H,5-6,8H2. The highest BCUT2D eigenvalue weighted by atomic mass is 32.2. The molecule has 0 radical (unpaired) electrons. The van der Waals surface area contributed by atoms with E-state index in [-0.39, 0.29) is 5.56 Å². The van der Waals surface area contributed by atoms with Gasteiger partial charge in [0.25, 0.3) is 0 Å². The molecule has 21 heavy (non-hydrogen) atoms. The summed E-state index contributed by atoms with van der Waals surface area (Å²) in [6.45, 7) is 0. The number of aliphatic hydroxyl groups is 1. The third-order valence-electron chi connectivity index (χ3n) is 3.48. The topological polar surface area (TPSA) is 20.2 Å². The second kappa shape index (κ2) is 5.66. The Hall–Kier alpha value is -0.980. The first-order chi connectivity index (χ1) is 9.97. The van der Waals surface area contributed by atoms with E-state index in [2.05, 4.69) is 0 Å². The molecule has 0 spiro atoms. The quantitative estimate of drug-likeness (QED) is 0.866. The Morgan fingerprint density at radius 3 is 2.67 bits per heavy atom. The van der Waals surface area contributed by atoms with E-state index in [1.807, 2.05) is 17.8 Å². The Bertz CT molecular complexity index is 625. The summed E-state index contributed by atoms with van der Waals surface area (Å²) in [7, 11) is 0. The molecule has 1 nitrogen and oxygen atoms in total. The van der Waals surface area contributed by atoms with E-state index in [1.54, 1.807) is 0 Å². The predicted octanol–water partition coefficient (Wildman–Crippen LogP) is 4.64. The highest BCUT2D eigenvalue weighted by molar-refractivity contribution is 7.98. The van der Waals surface area contributed by atoms with Gasteiger partial charge in [-0.05, 0) is 35.4 Å². The fraction of sp³-hybridized carbons (Fsp3) is 0.333. The molecule has 6 heteroatoms. The maximum absolute atomic E-state index is 13.0. The zero-order valence-corrected chi connectivity index (χ0v) is 12.6. The number of aryl methyl sites for hydroxylation is 1. The SMILES string of the molecule is OC(c1cc2c(s1)CCSC2)c1ccccc1C(F)(F)F. The monoisotopic (exact) mass is 330 g/mol. The van der Waals surface area contributed by atoms with Crippen LogP contribution >= 0.6 is 23.1 Å². The number of benzene rings is 1. The second-order valence-corrected chi connectivity index (χ2v) is 7.16. The summed E-state index contributed by atoms with van der Waals surface area (Å²) < 4.78 is 39.1. The number of halogens is 3. The van der Waals surface area contributed by atoms with Crippen LogP contribution in [0.5, 0.6) is 0 Å². The molecule has 1 aliphatic rings. The molecule has 1 aromatic heterocycles. The molecule has 112 valence electrons. The number of aliphatic hydroxyl groups excluding tert-OH is 1. The smallest absolute Gasteiger partial charge is 0.383 e. The average Bonchev–Trinajstić information content (AvgIpc) is 2.89. The number of hydrogen-bond donors (Lipinski definition) is 1. The van der Waals surface area contributed by atoms with Gasteiger partial charge in [-0.3, -0.25) is 0 Å². The highest BCUT2D eigenvalue weighted by Gasteiger charge is 2.35. The van der Waals surface area contributed by atoms with Gasteiger partial charge in [0.2, 0.25) is 0 Å². The summed E-state index contributed by atoms with van der Waals surface area (Å²) >= 11 is 3.24. The summed E-state index contributed by atoms with van der Waals surface area (Å²) in [5.41, 5.74) is 0.310. The van der Waals surface area contributed by atoms with Gasteiger partial charge in [-0.2, -0.15) is 24.9 Å². The third kappa shape index (κ3) is 2.98. The maximum atomic E-state index is 13.0. The normalized spacial score (nSPS) is 16.6. The van der Waals surface area contributed by atoms with Crippen LogP contribution in [0.1, 0.15) is 32.5 Å².